The zero-order chi connectivity index (χ0) is 23.4. The summed E-state index contributed by atoms with van der Waals surface area (Å²) >= 11 is 0. The molecule has 0 fully saturated rings. The minimum Gasteiger partial charge on any atom is -0.387 e. The average molecular weight is 451 g/mol. The zero-order valence-corrected chi connectivity index (χ0v) is 19.7. The Morgan fingerprint density at radius 2 is 1.17 bits per heavy atom. The molecule has 2 N–H and O–H groups in total. The van der Waals surface area contributed by atoms with Crippen LogP contribution in [0, 0.1) is 6.92 Å². The summed E-state index contributed by atoms with van der Waals surface area (Å²) in [7, 11) is 0. The zero-order valence-electron chi connectivity index (χ0n) is 19.7. The molecule has 0 saturated carbocycles. The number of hydrogen-bond acceptors (Lipinski definition) is 2. The van der Waals surface area contributed by atoms with Gasteiger partial charge in [-0.15, -0.1) is 0 Å². The fourth-order valence-corrected chi connectivity index (χ4v) is 5.64. The van der Waals surface area contributed by atoms with Crippen LogP contribution in [-0.4, -0.2) is 13.1 Å². The molecule has 2 nitrogen and oxygen atoms in total. The third kappa shape index (κ3) is 3.18. The van der Waals surface area contributed by atoms with Crippen molar-refractivity contribution < 1.29 is 0 Å². The normalized spacial score (nSPS) is 15.3. The van der Waals surface area contributed by atoms with E-state index >= 15 is 0 Å². The van der Waals surface area contributed by atoms with Gasteiger partial charge < -0.3 is 10.6 Å². The van der Waals surface area contributed by atoms with Crippen molar-refractivity contribution in [2.24, 2.45) is 0 Å². The van der Waals surface area contributed by atoms with Crippen molar-refractivity contribution in [2.45, 2.75) is 6.92 Å². The molecule has 0 radical (unpaired) electrons. The van der Waals surface area contributed by atoms with Crippen LogP contribution in [0.2, 0.25) is 0 Å². The molecule has 0 saturated heterocycles. The minimum absolute atomic E-state index is 0.875. The summed E-state index contributed by atoms with van der Waals surface area (Å²) in [5.41, 5.74) is 8.82. The van der Waals surface area contributed by atoms with E-state index in [1.165, 1.54) is 71.3 Å². The van der Waals surface area contributed by atoms with Crippen LogP contribution in [0.15, 0.2) is 103 Å². The van der Waals surface area contributed by atoms with Crippen molar-refractivity contribution in [1.29, 1.82) is 0 Å². The molecule has 2 aliphatic heterocycles. The number of aryl methyl sites for hydroxylation is 1. The van der Waals surface area contributed by atoms with E-state index in [9.17, 15) is 0 Å². The summed E-state index contributed by atoms with van der Waals surface area (Å²) in [4.78, 5) is 0. The quantitative estimate of drug-likeness (QED) is 0.277. The first kappa shape index (κ1) is 20.1. The van der Waals surface area contributed by atoms with Gasteiger partial charge in [-0.1, -0.05) is 90.5 Å². The maximum absolute atomic E-state index is 3.41. The Morgan fingerprint density at radius 1 is 0.571 bits per heavy atom. The first-order valence-corrected chi connectivity index (χ1v) is 12.3. The number of nitrogens with one attached hydrogen (secondary N) is 2. The molecule has 2 heteroatoms. The highest BCUT2D eigenvalue weighted by Crippen LogP contribution is 2.44. The molecule has 0 unspecified atom stereocenters. The molecule has 0 amide bonds. The van der Waals surface area contributed by atoms with Gasteiger partial charge in [0.1, 0.15) is 0 Å². The molecule has 0 atom stereocenters. The summed E-state index contributed by atoms with van der Waals surface area (Å²) in [5, 5.41) is 14.7. The molecule has 0 aliphatic carbocycles. The Balaban J connectivity index is 1.62. The SMILES string of the molecule is Cc1ccc(-c2cc(C3=CNCC=C3)c3ccc4ccc(C5=CNCC=C5)c5ccc2c3c45)cc1. The Labute approximate surface area is 205 Å². The summed E-state index contributed by atoms with van der Waals surface area (Å²) < 4.78 is 0. The predicted octanol–water partition coefficient (Wildman–Crippen LogP) is 7.56. The van der Waals surface area contributed by atoms with Crippen LogP contribution in [0.3, 0.4) is 0 Å². The number of benzene rings is 5. The van der Waals surface area contributed by atoms with Crippen molar-refractivity contribution in [1.82, 2.24) is 10.6 Å². The molecule has 0 bridgehead atoms. The van der Waals surface area contributed by atoms with E-state index < -0.39 is 0 Å². The second kappa shape index (κ2) is 7.89. The number of allylic oxidation sites excluding steroid dienone is 4. The standard InChI is InChI=1S/C33H26N2/c1-21-6-8-22(9-7-21)30-18-31(25-5-3-17-35-20-25)28-13-11-23-10-12-26(24-4-2-16-34-19-24)27-14-15-29(30)33(28)32(23)27/h2-15,18-20,34-35H,16-17H2,1H3. The average Bonchev–Trinajstić information content (AvgIpc) is 2.93. The highest BCUT2D eigenvalue weighted by Gasteiger charge is 2.19. The van der Waals surface area contributed by atoms with E-state index in [0.29, 0.717) is 0 Å². The van der Waals surface area contributed by atoms with Gasteiger partial charge in [0, 0.05) is 25.5 Å². The Bertz CT molecular complexity index is 1730. The lowest BCUT2D eigenvalue weighted by Crippen LogP contribution is -2.09. The molecular weight excluding hydrogens is 424 g/mol. The largest absolute Gasteiger partial charge is 0.387 e. The van der Waals surface area contributed by atoms with Crippen LogP contribution in [-0.2, 0) is 0 Å². The molecular formula is C33H26N2. The Kier molecular flexibility index (Phi) is 4.53. The van der Waals surface area contributed by atoms with Crippen molar-refractivity contribution in [3.8, 4) is 11.1 Å². The maximum atomic E-state index is 3.41. The van der Waals surface area contributed by atoms with Gasteiger partial charge in [-0.2, -0.15) is 0 Å². The molecule has 0 spiro atoms. The van der Waals surface area contributed by atoms with Gasteiger partial charge in [0.15, 0.2) is 0 Å². The van der Waals surface area contributed by atoms with E-state index in [1.807, 2.05) is 0 Å². The number of dihydropyridines is 2. The van der Waals surface area contributed by atoms with Crippen molar-refractivity contribution in [2.75, 3.05) is 13.1 Å². The number of hydrogen-bond donors (Lipinski definition) is 2. The summed E-state index contributed by atoms with van der Waals surface area (Å²) in [6, 6.07) is 25.1. The third-order valence-corrected chi connectivity index (χ3v) is 7.35. The lowest BCUT2D eigenvalue weighted by Gasteiger charge is -2.21. The molecule has 7 rings (SSSR count). The lowest BCUT2D eigenvalue weighted by molar-refractivity contribution is 0.977. The van der Waals surface area contributed by atoms with Crippen molar-refractivity contribution in [3.63, 3.8) is 0 Å². The maximum Gasteiger partial charge on any atom is 0.0328 e. The van der Waals surface area contributed by atoms with E-state index in [1.54, 1.807) is 0 Å². The summed E-state index contributed by atoms with van der Waals surface area (Å²) in [6.07, 6.45) is 13.2. The first-order chi connectivity index (χ1) is 17.3. The summed E-state index contributed by atoms with van der Waals surface area (Å²) in [6.45, 7) is 3.91. The van der Waals surface area contributed by atoms with E-state index in [2.05, 4.69) is 121 Å². The molecule has 5 aromatic carbocycles. The van der Waals surface area contributed by atoms with Crippen LogP contribution in [0.5, 0.6) is 0 Å². The molecule has 0 aromatic heterocycles. The Morgan fingerprint density at radius 3 is 1.86 bits per heavy atom. The van der Waals surface area contributed by atoms with Crippen LogP contribution in [0.4, 0.5) is 0 Å². The van der Waals surface area contributed by atoms with Gasteiger partial charge in [0.2, 0.25) is 0 Å². The van der Waals surface area contributed by atoms with E-state index in [-0.39, 0.29) is 0 Å². The Hall–Kier alpha value is -4.30. The van der Waals surface area contributed by atoms with Gasteiger partial charge in [0.05, 0.1) is 0 Å². The van der Waals surface area contributed by atoms with Crippen molar-refractivity contribution >= 4 is 43.5 Å². The van der Waals surface area contributed by atoms with Crippen LogP contribution < -0.4 is 10.6 Å². The third-order valence-electron chi connectivity index (χ3n) is 7.35. The lowest BCUT2D eigenvalue weighted by atomic mass is 9.83. The molecule has 35 heavy (non-hydrogen) atoms. The van der Waals surface area contributed by atoms with Crippen LogP contribution >= 0.6 is 0 Å². The second-order valence-electron chi connectivity index (χ2n) is 9.52. The molecule has 2 heterocycles. The molecule has 5 aromatic rings. The smallest absolute Gasteiger partial charge is 0.0328 e. The van der Waals surface area contributed by atoms with E-state index in [0.717, 1.165) is 13.1 Å². The van der Waals surface area contributed by atoms with E-state index in [4.69, 9.17) is 0 Å². The molecule has 2 aliphatic rings. The van der Waals surface area contributed by atoms with Gasteiger partial charge in [0.25, 0.3) is 0 Å². The van der Waals surface area contributed by atoms with Crippen LogP contribution in [0.1, 0.15) is 16.7 Å². The van der Waals surface area contributed by atoms with Crippen molar-refractivity contribution in [3.05, 3.63) is 120 Å². The monoisotopic (exact) mass is 450 g/mol. The second-order valence-corrected chi connectivity index (χ2v) is 9.52. The molecule has 168 valence electrons. The minimum atomic E-state index is 0.875. The van der Waals surface area contributed by atoms with Gasteiger partial charge in [-0.25, -0.2) is 0 Å². The fraction of sp³-hybridized carbons (Fsp3) is 0.0909. The van der Waals surface area contributed by atoms with Gasteiger partial charge in [-0.05, 0) is 78.7 Å². The fourth-order valence-electron chi connectivity index (χ4n) is 5.64. The topological polar surface area (TPSA) is 24.1 Å². The van der Waals surface area contributed by atoms with Crippen LogP contribution in [0.25, 0.3) is 54.6 Å². The summed E-state index contributed by atoms with van der Waals surface area (Å²) in [5.74, 6) is 0. The van der Waals surface area contributed by atoms with Gasteiger partial charge >= 0.3 is 0 Å². The number of rotatable bonds is 3. The van der Waals surface area contributed by atoms with Gasteiger partial charge in [-0.3, -0.25) is 0 Å². The predicted molar refractivity (Wildman–Crippen MR) is 151 cm³/mol. The highest BCUT2D eigenvalue weighted by atomic mass is 14.8. The highest BCUT2D eigenvalue weighted by molar-refractivity contribution is 6.28. The first-order valence-electron chi connectivity index (χ1n) is 12.3.